The standard InChI is InChI=1S/C13H14N2O/c1-13(2,3)12(16)9-4-5-10-11(8-9)15-7-6-14-10/h4-8H,1-3H3. The van der Waals surface area contributed by atoms with Crippen LogP contribution in [-0.2, 0) is 0 Å². The molecule has 0 bridgehead atoms. The van der Waals surface area contributed by atoms with E-state index in [4.69, 9.17) is 0 Å². The molecule has 1 aromatic carbocycles. The van der Waals surface area contributed by atoms with Crippen molar-refractivity contribution < 1.29 is 4.79 Å². The van der Waals surface area contributed by atoms with E-state index < -0.39 is 0 Å². The highest BCUT2D eigenvalue weighted by molar-refractivity contribution is 6.01. The third-order valence-corrected chi connectivity index (χ3v) is 2.41. The molecule has 1 heterocycles. The minimum absolute atomic E-state index is 0.125. The van der Waals surface area contributed by atoms with Gasteiger partial charge in [-0.2, -0.15) is 0 Å². The van der Waals surface area contributed by atoms with Gasteiger partial charge in [0.25, 0.3) is 0 Å². The molecule has 0 radical (unpaired) electrons. The van der Waals surface area contributed by atoms with E-state index in [-0.39, 0.29) is 11.2 Å². The molecule has 0 atom stereocenters. The number of benzene rings is 1. The molecular weight excluding hydrogens is 200 g/mol. The summed E-state index contributed by atoms with van der Waals surface area (Å²) in [4.78, 5) is 20.4. The Morgan fingerprint density at radius 2 is 1.69 bits per heavy atom. The summed E-state index contributed by atoms with van der Waals surface area (Å²) in [5, 5.41) is 0. The minimum Gasteiger partial charge on any atom is -0.294 e. The first-order valence-corrected chi connectivity index (χ1v) is 5.24. The summed E-state index contributed by atoms with van der Waals surface area (Å²) in [7, 11) is 0. The first-order chi connectivity index (χ1) is 7.48. The lowest BCUT2D eigenvalue weighted by molar-refractivity contribution is 0.0858. The fraction of sp³-hybridized carbons (Fsp3) is 0.308. The summed E-state index contributed by atoms with van der Waals surface area (Å²) in [5.74, 6) is 0.125. The molecule has 0 aliphatic rings. The van der Waals surface area contributed by atoms with Crippen molar-refractivity contribution in [1.29, 1.82) is 0 Å². The van der Waals surface area contributed by atoms with Crippen LogP contribution in [0, 0.1) is 5.41 Å². The second kappa shape index (κ2) is 3.67. The van der Waals surface area contributed by atoms with Crippen LogP contribution in [0.5, 0.6) is 0 Å². The maximum Gasteiger partial charge on any atom is 0.168 e. The number of nitrogens with zero attached hydrogens (tertiary/aromatic N) is 2. The zero-order valence-electron chi connectivity index (χ0n) is 9.69. The van der Waals surface area contributed by atoms with Gasteiger partial charge in [0.05, 0.1) is 11.0 Å². The molecule has 0 saturated heterocycles. The Morgan fingerprint density at radius 1 is 1.06 bits per heavy atom. The van der Waals surface area contributed by atoms with Gasteiger partial charge in [0, 0.05) is 23.4 Å². The van der Waals surface area contributed by atoms with E-state index in [0.717, 1.165) is 11.0 Å². The molecule has 3 nitrogen and oxygen atoms in total. The van der Waals surface area contributed by atoms with E-state index in [1.54, 1.807) is 18.5 Å². The highest BCUT2D eigenvalue weighted by atomic mass is 16.1. The molecule has 1 aromatic heterocycles. The highest BCUT2D eigenvalue weighted by Crippen LogP contribution is 2.22. The van der Waals surface area contributed by atoms with E-state index in [2.05, 4.69) is 9.97 Å². The van der Waals surface area contributed by atoms with E-state index in [9.17, 15) is 4.79 Å². The number of ketones is 1. The smallest absolute Gasteiger partial charge is 0.168 e. The normalized spacial score (nSPS) is 11.7. The van der Waals surface area contributed by atoms with Crippen LogP contribution in [0.2, 0.25) is 0 Å². The fourth-order valence-electron chi connectivity index (χ4n) is 1.54. The first-order valence-electron chi connectivity index (χ1n) is 5.24. The Balaban J connectivity index is 2.52. The monoisotopic (exact) mass is 214 g/mol. The lowest BCUT2D eigenvalue weighted by Gasteiger charge is -2.16. The molecule has 3 heteroatoms. The van der Waals surface area contributed by atoms with Crippen LogP contribution in [0.3, 0.4) is 0 Å². The average molecular weight is 214 g/mol. The molecule has 0 aliphatic carbocycles. The lowest BCUT2D eigenvalue weighted by Crippen LogP contribution is -2.20. The number of hydrogen-bond acceptors (Lipinski definition) is 3. The molecule has 82 valence electrons. The zero-order valence-corrected chi connectivity index (χ0v) is 9.69. The van der Waals surface area contributed by atoms with Gasteiger partial charge in [-0.15, -0.1) is 0 Å². The van der Waals surface area contributed by atoms with Crippen molar-refractivity contribution in [1.82, 2.24) is 9.97 Å². The summed E-state index contributed by atoms with van der Waals surface area (Å²) in [5.41, 5.74) is 1.90. The Bertz CT molecular complexity index is 541. The van der Waals surface area contributed by atoms with Gasteiger partial charge in [0.15, 0.2) is 5.78 Å². The summed E-state index contributed by atoms with van der Waals surface area (Å²) in [6.07, 6.45) is 3.28. The number of carbonyl (C=O) groups excluding carboxylic acids is 1. The molecule has 2 aromatic rings. The van der Waals surface area contributed by atoms with Crippen molar-refractivity contribution in [2.45, 2.75) is 20.8 Å². The van der Waals surface area contributed by atoms with E-state index in [1.165, 1.54) is 0 Å². The van der Waals surface area contributed by atoms with Crippen LogP contribution in [0.15, 0.2) is 30.6 Å². The van der Waals surface area contributed by atoms with Crippen molar-refractivity contribution in [3.05, 3.63) is 36.2 Å². The quantitative estimate of drug-likeness (QED) is 0.685. The zero-order chi connectivity index (χ0) is 11.8. The fourth-order valence-corrected chi connectivity index (χ4v) is 1.54. The highest BCUT2D eigenvalue weighted by Gasteiger charge is 2.22. The maximum atomic E-state index is 12.1. The largest absolute Gasteiger partial charge is 0.294 e. The van der Waals surface area contributed by atoms with Crippen molar-refractivity contribution >= 4 is 16.8 Å². The Morgan fingerprint density at radius 3 is 2.31 bits per heavy atom. The molecule has 0 unspecified atom stereocenters. The SMILES string of the molecule is CC(C)(C)C(=O)c1ccc2nccnc2c1. The van der Waals surface area contributed by atoms with Crippen LogP contribution in [0.4, 0.5) is 0 Å². The van der Waals surface area contributed by atoms with Gasteiger partial charge in [-0.3, -0.25) is 14.8 Å². The first kappa shape index (κ1) is 10.7. The molecule has 0 N–H and O–H groups in total. The minimum atomic E-state index is -0.365. The Kier molecular flexibility index (Phi) is 2.46. The summed E-state index contributed by atoms with van der Waals surface area (Å²) in [6.45, 7) is 5.74. The van der Waals surface area contributed by atoms with Crippen molar-refractivity contribution in [2.75, 3.05) is 0 Å². The van der Waals surface area contributed by atoms with E-state index in [1.807, 2.05) is 32.9 Å². The van der Waals surface area contributed by atoms with E-state index in [0.29, 0.717) is 5.56 Å². The van der Waals surface area contributed by atoms with Crippen LogP contribution in [-0.4, -0.2) is 15.8 Å². The number of aromatic nitrogens is 2. The summed E-state index contributed by atoms with van der Waals surface area (Å²) in [6, 6.07) is 5.45. The molecule has 16 heavy (non-hydrogen) atoms. The summed E-state index contributed by atoms with van der Waals surface area (Å²) >= 11 is 0. The van der Waals surface area contributed by atoms with Crippen LogP contribution in [0.1, 0.15) is 31.1 Å². The lowest BCUT2D eigenvalue weighted by atomic mass is 9.86. The predicted octanol–water partition coefficient (Wildman–Crippen LogP) is 2.86. The molecular formula is C13H14N2O. The number of fused-ring (bicyclic) bond motifs is 1. The van der Waals surface area contributed by atoms with Gasteiger partial charge in [-0.25, -0.2) is 0 Å². The van der Waals surface area contributed by atoms with Gasteiger partial charge < -0.3 is 0 Å². The van der Waals surface area contributed by atoms with Gasteiger partial charge in [0.1, 0.15) is 0 Å². The van der Waals surface area contributed by atoms with Gasteiger partial charge in [-0.05, 0) is 18.2 Å². The molecule has 0 saturated carbocycles. The number of carbonyl (C=O) groups is 1. The average Bonchev–Trinajstić information content (AvgIpc) is 2.26. The number of rotatable bonds is 1. The van der Waals surface area contributed by atoms with Gasteiger partial charge in [0.2, 0.25) is 0 Å². The maximum absolute atomic E-state index is 12.1. The van der Waals surface area contributed by atoms with Crippen LogP contribution in [0.25, 0.3) is 11.0 Å². The Hall–Kier alpha value is -1.77. The van der Waals surface area contributed by atoms with Crippen molar-refractivity contribution in [3.63, 3.8) is 0 Å². The molecule has 0 aliphatic heterocycles. The molecule has 0 fully saturated rings. The number of hydrogen-bond donors (Lipinski definition) is 0. The number of Topliss-reactive ketones (excluding diaryl/α,β-unsaturated/α-hetero) is 1. The third kappa shape index (κ3) is 1.94. The van der Waals surface area contributed by atoms with Crippen LogP contribution >= 0.6 is 0 Å². The predicted molar refractivity (Wildman–Crippen MR) is 63.3 cm³/mol. The Labute approximate surface area is 94.5 Å². The second-order valence-electron chi connectivity index (χ2n) is 4.84. The molecule has 0 amide bonds. The third-order valence-electron chi connectivity index (χ3n) is 2.41. The van der Waals surface area contributed by atoms with Crippen molar-refractivity contribution in [3.8, 4) is 0 Å². The van der Waals surface area contributed by atoms with Crippen LogP contribution < -0.4 is 0 Å². The second-order valence-corrected chi connectivity index (χ2v) is 4.84. The molecule has 0 spiro atoms. The topological polar surface area (TPSA) is 42.9 Å². The van der Waals surface area contributed by atoms with E-state index >= 15 is 0 Å². The van der Waals surface area contributed by atoms with Gasteiger partial charge in [-0.1, -0.05) is 20.8 Å². The van der Waals surface area contributed by atoms with Gasteiger partial charge >= 0.3 is 0 Å². The van der Waals surface area contributed by atoms with Crippen molar-refractivity contribution in [2.24, 2.45) is 5.41 Å². The molecule has 2 rings (SSSR count). The summed E-state index contributed by atoms with van der Waals surface area (Å²) < 4.78 is 0.